The number of nitrogens with zero attached hydrogens (tertiary/aromatic N) is 4. The van der Waals surface area contributed by atoms with Gasteiger partial charge in [-0.2, -0.15) is 15.0 Å². The van der Waals surface area contributed by atoms with E-state index in [1.54, 1.807) is 11.8 Å². The Kier molecular flexibility index (Phi) is 8.27. The zero-order chi connectivity index (χ0) is 23.7. The minimum absolute atomic E-state index is 0.142. The smallest absolute Gasteiger partial charge is 0.230 e. The van der Waals surface area contributed by atoms with Crippen LogP contribution in [0.4, 0.5) is 11.9 Å². The van der Waals surface area contributed by atoms with Crippen molar-refractivity contribution in [1.82, 2.24) is 30.7 Å². The molecule has 1 aliphatic carbocycles. The Hall–Kier alpha value is -2.92. The zero-order valence-corrected chi connectivity index (χ0v) is 20.6. The summed E-state index contributed by atoms with van der Waals surface area (Å²) >= 11 is 1.60. The molecular weight excluding hydrogens is 460 g/mol. The van der Waals surface area contributed by atoms with Crippen LogP contribution in [0.25, 0.3) is 5.70 Å². The van der Waals surface area contributed by atoms with Crippen LogP contribution in [0.3, 0.4) is 0 Å². The molecule has 0 saturated carbocycles. The standard InChI is InChI=1S/C25H32N8OS/c1-3-8-19(9-4-1)21-18-22(32-31-21)27-24-28-23(26-12-7-13-33-14-16-34-17-15-33)29-25(30-24)35-20-10-5-2-6-11-20/h1-5,8-10,18,22,31-32H,6-7,11-17H2,(H2,26,27,28,29,30). The summed E-state index contributed by atoms with van der Waals surface area (Å²) in [7, 11) is 0. The molecule has 5 rings (SSSR count). The Morgan fingerprint density at radius 1 is 1.09 bits per heavy atom. The fraction of sp³-hybridized carbons (Fsp3) is 0.400. The molecule has 3 aliphatic rings. The van der Waals surface area contributed by atoms with Crippen LogP contribution >= 0.6 is 11.8 Å². The minimum atomic E-state index is -0.142. The van der Waals surface area contributed by atoms with Gasteiger partial charge < -0.3 is 20.8 Å². The molecule has 2 aromatic rings. The number of allylic oxidation sites excluding steroid dienone is 4. The van der Waals surface area contributed by atoms with Crippen molar-refractivity contribution in [1.29, 1.82) is 0 Å². The van der Waals surface area contributed by atoms with Crippen LogP contribution in [-0.2, 0) is 4.74 Å². The van der Waals surface area contributed by atoms with Crippen molar-refractivity contribution < 1.29 is 4.74 Å². The maximum absolute atomic E-state index is 5.43. The van der Waals surface area contributed by atoms with Gasteiger partial charge in [-0.15, -0.1) is 0 Å². The molecule has 4 N–H and O–H groups in total. The third-order valence-corrected chi connectivity index (χ3v) is 6.88. The van der Waals surface area contributed by atoms with Crippen molar-refractivity contribution >= 4 is 29.4 Å². The van der Waals surface area contributed by atoms with E-state index in [0.717, 1.165) is 69.9 Å². The Bertz CT molecular complexity index is 1070. The van der Waals surface area contributed by atoms with Crippen molar-refractivity contribution in [3.8, 4) is 0 Å². The highest BCUT2D eigenvalue weighted by atomic mass is 32.2. The molecule has 3 heterocycles. The van der Waals surface area contributed by atoms with E-state index in [0.29, 0.717) is 17.1 Å². The summed E-state index contributed by atoms with van der Waals surface area (Å²) in [4.78, 5) is 17.7. The molecule has 0 bridgehead atoms. The number of rotatable bonds is 10. The number of morpholine rings is 1. The summed E-state index contributed by atoms with van der Waals surface area (Å²) in [6.45, 7) is 5.50. The number of hydrogen-bond acceptors (Lipinski definition) is 10. The average Bonchev–Trinajstić information content (AvgIpc) is 3.37. The summed E-state index contributed by atoms with van der Waals surface area (Å²) in [5.41, 5.74) is 8.62. The highest BCUT2D eigenvalue weighted by Crippen LogP contribution is 2.30. The monoisotopic (exact) mass is 492 g/mol. The second-order valence-electron chi connectivity index (χ2n) is 8.54. The van der Waals surface area contributed by atoms with Gasteiger partial charge in [-0.3, -0.25) is 4.90 Å². The SMILES string of the molecule is C1=CCCC(Sc2nc(NCCCN3CCOCC3)nc(NC3C=C(c4ccccc4)NN3)n2)=C1. The first-order valence-electron chi connectivity index (χ1n) is 12.2. The lowest BCUT2D eigenvalue weighted by Crippen LogP contribution is -2.37. The third-order valence-electron chi connectivity index (χ3n) is 5.92. The van der Waals surface area contributed by atoms with E-state index in [1.807, 2.05) is 18.2 Å². The molecule has 1 fully saturated rings. The fourth-order valence-electron chi connectivity index (χ4n) is 4.06. The maximum Gasteiger partial charge on any atom is 0.230 e. The Balaban J connectivity index is 1.24. The number of benzene rings is 1. The van der Waals surface area contributed by atoms with Gasteiger partial charge in [0.25, 0.3) is 0 Å². The molecule has 1 unspecified atom stereocenters. The Labute approximate surface area is 210 Å². The van der Waals surface area contributed by atoms with Crippen LogP contribution in [0, 0.1) is 0 Å². The number of anilines is 2. The molecule has 1 aromatic heterocycles. The van der Waals surface area contributed by atoms with Gasteiger partial charge in [-0.25, -0.2) is 5.43 Å². The molecule has 2 aliphatic heterocycles. The van der Waals surface area contributed by atoms with Crippen LogP contribution in [0.15, 0.2) is 64.7 Å². The summed E-state index contributed by atoms with van der Waals surface area (Å²) in [5.74, 6) is 1.13. The van der Waals surface area contributed by atoms with Crippen molar-refractivity contribution in [3.05, 3.63) is 65.1 Å². The van der Waals surface area contributed by atoms with Crippen LogP contribution in [0.5, 0.6) is 0 Å². The van der Waals surface area contributed by atoms with E-state index < -0.39 is 0 Å². The van der Waals surface area contributed by atoms with E-state index >= 15 is 0 Å². The summed E-state index contributed by atoms with van der Waals surface area (Å²) in [6, 6.07) is 10.2. The third kappa shape index (κ3) is 7.04. The van der Waals surface area contributed by atoms with E-state index in [4.69, 9.17) is 9.72 Å². The predicted molar refractivity (Wildman–Crippen MR) is 141 cm³/mol. The van der Waals surface area contributed by atoms with Crippen molar-refractivity contribution in [2.75, 3.05) is 50.0 Å². The Morgan fingerprint density at radius 2 is 1.94 bits per heavy atom. The predicted octanol–water partition coefficient (Wildman–Crippen LogP) is 3.22. The molecule has 184 valence electrons. The summed E-state index contributed by atoms with van der Waals surface area (Å²) in [5, 5.41) is 7.48. The van der Waals surface area contributed by atoms with Crippen LogP contribution in [0.2, 0.25) is 0 Å². The molecular formula is C25H32N8OS. The first-order chi connectivity index (χ1) is 17.3. The molecule has 0 radical (unpaired) electrons. The van der Waals surface area contributed by atoms with Crippen LogP contribution in [-0.4, -0.2) is 65.4 Å². The zero-order valence-electron chi connectivity index (χ0n) is 19.7. The van der Waals surface area contributed by atoms with Gasteiger partial charge in [0.05, 0.1) is 18.9 Å². The number of thioether (sulfide) groups is 1. The molecule has 35 heavy (non-hydrogen) atoms. The highest BCUT2D eigenvalue weighted by Gasteiger charge is 2.18. The molecule has 1 atom stereocenters. The molecule has 10 heteroatoms. The largest absolute Gasteiger partial charge is 0.379 e. The fourth-order valence-corrected chi connectivity index (χ4v) is 4.93. The van der Waals surface area contributed by atoms with Crippen LogP contribution < -0.4 is 21.5 Å². The maximum atomic E-state index is 5.43. The van der Waals surface area contributed by atoms with Crippen molar-refractivity contribution in [2.45, 2.75) is 30.6 Å². The second kappa shape index (κ2) is 12.2. The van der Waals surface area contributed by atoms with E-state index in [1.165, 1.54) is 4.91 Å². The number of hydrogen-bond donors (Lipinski definition) is 4. The molecule has 1 aromatic carbocycles. The summed E-state index contributed by atoms with van der Waals surface area (Å²) in [6.07, 6.45) is 11.4. The average molecular weight is 493 g/mol. The van der Waals surface area contributed by atoms with Gasteiger partial charge >= 0.3 is 0 Å². The second-order valence-corrected chi connectivity index (χ2v) is 9.63. The lowest BCUT2D eigenvalue weighted by molar-refractivity contribution is 0.0378. The Morgan fingerprint density at radius 3 is 2.77 bits per heavy atom. The molecule has 1 saturated heterocycles. The van der Waals surface area contributed by atoms with Gasteiger partial charge in [0, 0.05) is 19.6 Å². The lowest BCUT2D eigenvalue weighted by atomic mass is 10.1. The van der Waals surface area contributed by atoms with Crippen molar-refractivity contribution in [3.63, 3.8) is 0 Å². The normalized spacial score (nSPS) is 20.2. The summed E-state index contributed by atoms with van der Waals surface area (Å²) < 4.78 is 5.43. The molecule has 9 nitrogen and oxygen atoms in total. The lowest BCUT2D eigenvalue weighted by Gasteiger charge is -2.26. The van der Waals surface area contributed by atoms with E-state index in [-0.39, 0.29) is 6.17 Å². The van der Waals surface area contributed by atoms with E-state index in [2.05, 4.69) is 72.8 Å². The number of aromatic nitrogens is 3. The number of hydrazine groups is 1. The highest BCUT2D eigenvalue weighted by molar-refractivity contribution is 8.02. The first-order valence-corrected chi connectivity index (χ1v) is 13.0. The van der Waals surface area contributed by atoms with Gasteiger partial charge in [-0.05, 0) is 42.4 Å². The van der Waals surface area contributed by atoms with E-state index in [9.17, 15) is 0 Å². The number of ether oxygens (including phenoxy) is 1. The topological polar surface area (TPSA) is 99.3 Å². The van der Waals surface area contributed by atoms with Gasteiger partial charge in [0.1, 0.15) is 6.17 Å². The number of nitrogens with one attached hydrogen (secondary N) is 4. The van der Waals surface area contributed by atoms with Gasteiger partial charge in [0.15, 0.2) is 5.16 Å². The van der Waals surface area contributed by atoms with Crippen LogP contribution in [0.1, 0.15) is 24.8 Å². The van der Waals surface area contributed by atoms with Crippen molar-refractivity contribution in [2.24, 2.45) is 0 Å². The van der Waals surface area contributed by atoms with Gasteiger partial charge in [0.2, 0.25) is 11.9 Å². The quantitative estimate of drug-likeness (QED) is 0.370. The molecule has 0 amide bonds. The van der Waals surface area contributed by atoms with Gasteiger partial charge in [-0.1, -0.05) is 60.3 Å². The minimum Gasteiger partial charge on any atom is -0.379 e. The molecule has 0 spiro atoms. The first kappa shape index (κ1) is 23.8.